The number of carbonyl (C=O) groups excluding carboxylic acids is 3. The van der Waals surface area contributed by atoms with Crippen LogP contribution in [0.15, 0.2) is 42.7 Å². The Balaban J connectivity index is 1.70. The molecule has 29 heavy (non-hydrogen) atoms. The third kappa shape index (κ3) is 4.28. The molecule has 0 saturated carbocycles. The molecule has 3 rings (SSSR count). The van der Waals surface area contributed by atoms with Gasteiger partial charge in [-0.2, -0.15) is 0 Å². The zero-order valence-electron chi connectivity index (χ0n) is 14.6. The zero-order valence-corrected chi connectivity index (χ0v) is 15.3. The number of carbonyl (C=O) groups is 3. The fourth-order valence-corrected chi connectivity index (χ4v) is 2.65. The van der Waals surface area contributed by atoms with E-state index in [0.717, 1.165) is 12.1 Å². The molecule has 2 aromatic carbocycles. The third-order valence-electron chi connectivity index (χ3n) is 3.81. The second-order valence-electron chi connectivity index (χ2n) is 5.80. The van der Waals surface area contributed by atoms with E-state index in [2.05, 4.69) is 20.6 Å². The van der Waals surface area contributed by atoms with E-state index in [1.54, 1.807) is 0 Å². The summed E-state index contributed by atoms with van der Waals surface area (Å²) >= 11 is 5.91. The Hall–Kier alpha value is -4.05. The Labute approximate surface area is 168 Å². The third-order valence-corrected chi connectivity index (χ3v) is 4.12. The van der Waals surface area contributed by atoms with Gasteiger partial charge in [-0.1, -0.05) is 11.6 Å². The Bertz CT molecular complexity index is 1110. The van der Waals surface area contributed by atoms with E-state index >= 15 is 0 Å². The number of primary amides is 1. The van der Waals surface area contributed by atoms with Gasteiger partial charge >= 0.3 is 0 Å². The number of hydrogen-bond acceptors (Lipinski definition) is 6. The minimum Gasteiger partial charge on any atom is -0.504 e. The number of nitrogens with one attached hydrogen (secondary N) is 3. The average molecular weight is 416 g/mol. The molecule has 1 aromatic heterocycles. The van der Waals surface area contributed by atoms with Crippen molar-refractivity contribution in [2.24, 2.45) is 5.73 Å². The first-order chi connectivity index (χ1) is 13.8. The summed E-state index contributed by atoms with van der Waals surface area (Å²) in [6.45, 7) is 0. The standard InChI is InChI=1S/C18H14ClN5O5/c19-11-6-13(26)12(25)5-10(11)17(28)23-8-1-3-9(4-2-8)24-18(29)15-14(16(20)27)21-7-22-15/h1-7,25-26H,(H2,20,27)(H,21,22)(H,23,28)(H,24,29). The van der Waals surface area contributed by atoms with E-state index < -0.39 is 29.2 Å². The van der Waals surface area contributed by atoms with Crippen molar-refractivity contribution in [3.63, 3.8) is 0 Å². The molecule has 1 heterocycles. The predicted molar refractivity (Wildman–Crippen MR) is 104 cm³/mol. The molecule has 0 saturated heterocycles. The maximum absolute atomic E-state index is 12.3. The van der Waals surface area contributed by atoms with Crippen LogP contribution < -0.4 is 16.4 Å². The number of aromatic amines is 1. The highest BCUT2D eigenvalue weighted by Gasteiger charge is 2.18. The van der Waals surface area contributed by atoms with E-state index in [0.29, 0.717) is 11.4 Å². The molecule has 0 aliphatic carbocycles. The van der Waals surface area contributed by atoms with E-state index in [4.69, 9.17) is 17.3 Å². The summed E-state index contributed by atoms with van der Waals surface area (Å²) in [4.78, 5) is 42.0. The van der Waals surface area contributed by atoms with Crippen LogP contribution in [0.4, 0.5) is 11.4 Å². The minimum atomic E-state index is -0.839. The second-order valence-corrected chi connectivity index (χ2v) is 6.20. The fraction of sp³-hybridized carbons (Fsp3) is 0. The number of nitrogens with zero attached hydrogens (tertiary/aromatic N) is 1. The number of aromatic hydroxyl groups is 2. The zero-order chi connectivity index (χ0) is 21.1. The van der Waals surface area contributed by atoms with Gasteiger partial charge in [0.1, 0.15) is 5.69 Å². The predicted octanol–water partition coefficient (Wildman–Crippen LogP) is 2.08. The molecule has 0 radical (unpaired) electrons. The number of amides is 3. The normalized spacial score (nSPS) is 10.4. The van der Waals surface area contributed by atoms with Crippen molar-refractivity contribution in [1.29, 1.82) is 0 Å². The topological polar surface area (TPSA) is 170 Å². The van der Waals surface area contributed by atoms with Crippen LogP contribution in [0.3, 0.4) is 0 Å². The summed E-state index contributed by atoms with van der Waals surface area (Å²) in [5.74, 6) is -2.98. The average Bonchev–Trinajstić information content (AvgIpc) is 3.16. The van der Waals surface area contributed by atoms with Crippen LogP contribution in [0, 0.1) is 0 Å². The summed E-state index contributed by atoms with van der Waals surface area (Å²) < 4.78 is 0. The first kappa shape index (κ1) is 19.7. The molecule has 0 aliphatic rings. The lowest BCUT2D eigenvalue weighted by Gasteiger charge is -2.09. The van der Waals surface area contributed by atoms with E-state index in [1.165, 1.54) is 30.6 Å². The summed E-state index contributed by atoms with van der Waals surface area (Å²) in [7, 11) is 0. The highest BCUT2D eigenvalue weighted by Crippen LogP contribution is 2.31. The highest BCUT2D eigenvalue weighted by molar-refractivity contribution is 6.34. The van der Waals surface area contributed by atoms with Gasteiger partial charge in [0.25, 0.3) is 17.7 Å². The molecule has 11 heteroatoms. The largest absolute Gasteiger partial charge is 0.504 e. The number of benzene rings is 2. The Kier molecular flexibility index (Phi) is 5.37. The molecule has 3 aromatic rings. The van der Waals surface area contributed by atoms with Gasteiger partial charge in [-0.25, -0.2) is 4.98 Å². The van der Waals surface area contributed by atoms with E-state index in [1.807, 2.05) is 0 Å². The summed E-state index contributed by atoms with van der Waals surface area (Å²) in [6.07, 6.45) is 1.18. The molecule has 0 fully saturated rings. The number of rotatable bonds is 5. The Morgan fingerprint density at radius 1 is 0.966 bits per heavy atom. The second kappa shape index (κ2) is 7.90. The van der Waals surface area contributed by atoms with Gasteiger partial charge in [-0.15, -0.1) is 0 Å². The van der Waals surface area contributed by atoms with Crippen molar-refractivity contribution in [1.82, 2.24) is 9.97 Å². The number of phenols is 2. The molecule has 0 atom stereocenters. The monoisotopic (exact) mass is 415 g/mol. The molecule has 10 nitrogen and oxygen atoms in total. The molecule has 0 aliphatic heterocycles. The molecular formula is C18H14ClN5O5. The number of aromatic nitrogens is 2. The highest BCUT2D eigenvalue weighted by atomic mass is 35.5. The van der Waals surface area contributed by atoms with Crippen molar-refractivity contribution < 1.29 is 24.6 Å². The van der Waals surface area contributed by atoms with Crippen LogP contribution in [0.5, 0.6) is 11.5 Å². The number of imidazole rings is 1. The Morgan fingerprint density at radius 2 is 1.52 bits per heavy atom. The lowest BCUT2D eigenvalue weighted by molar-refractivity contribution is 0.0972. The maximum atomic E-state index is 12.3. The first-order valence-corrected chi connectivity index (χ1v) is 8.41. The van der Waals surface area contributed by atoms with Gasteiger partial charge in [0, 0.05) is 17.4 Å². The molecule has 148 valence electrons. The van der Waals surface area contributed by atoms with Crippen molar-refractivity contribution >= 4 is 40.7 Å². The summed E-state index contributed by atoms with van der Waals surface area (Å²) in [6, 6.07) is 8.17. The van der Waals surface area contributed by atoms with Gasteiger partial charge in [-0.05, 0) is 30.3 Å². The van der Waals surface area contributed by atoms with Crippen LogP contribution >= 0.6 is 11.6 Å². The number of hydrogen-bond donors (Lipinski definition) is 6. The summed E-state index contributed by atoms with van der Waals surface area (Å²) in [5.41, 5.74) is 5.64. The van der Waals surface area contributed by atoms with E-state index in [-0.39, 0.29) is 22.0 Å². The van der Waals surface area contributed by atoms with Gasteiger partial charge in [0.05, 0.1) is 16.9 Å². The van der Waals surface area contributed by atoms with Gasteiger partial charge in [0.2, 0.25) is 0 Å². The van der Waals surface area contributed by atoms with Crippen molar-refractivity contribution in [3.05, 3.63) is 64.7 Å². The van der Waals surface area contributed by atoms with Crippen molar-refractivity contribution in [2.45, 2.75) is 0 Å². The van der Waals surface area contributed by atoms with Crippen LogP contribution in [0.1, 0.15) is 31.3 Å². The quantitative estimate of drug-likeness (QED) is 0.348. The van der Waals surface area contributed by atoms with Gasteiger partial charge in [0.15, 0.2) is 17.2 Å². The molecule has 0 unspecified atom stereocenters. The van der Waals surface area contributed by atoms with Crippen molar-refractivity contribution in [2.75, 3.05) is 10.6 Å². The first-order valence-electron chi connectivity index (χ1n) is 8.03. The molecule has 0 spiro atoms. The van der Waals surface area contributed by atoms with Crippen molar-refractivity contribution in [3.8, 4) is 11.5 Å². The number of H-pyrrole nitrogens is 1. The van der Waals surface area contributed by atoms with E-state index in [9.17, 15) is 24.6 Å². The lowest BCUT2D eigenvalue weighted by Crippen LogP contribution is -2.20. The maximum Gasteiger partial charge on any atom is 0.274 e. The minimum absolute atomic E-state index is 0.0300. The van der Waals surface area contributed by atoms with Crippen LogP contribution in [-0.2, 0) is 0 Å². The SMILES string of the molecule is NC(=O)c1nc[nH]c1C(=O)Nc1ccc(NC(=O)c2cc(O)c(O)cc2Cl)cc1. The Morgan fingerprint density at radius 3 is 2.10 bits per heavy atom. The van der Waals surface area contributed by atoms with Crippen LogP contribution in [-0.4, -0.2) is 37.9 Å². The number of halogens is 1. The van der Waals surface area contributed by atoms with Crippen LogP contribution in [0.2, 0.25) is 5.02 Å². The number of anilines is 2. The molecule has 3 amide bonds. The number of phenolic OH excluding ortho intramolecular Hbond substituents is 2. The number of nitrogens with two attached hydrogens (primary N) is 1. The molecule has 0 bridgehead atoms. The molecule has 7 N–H and O–H groups in total. The molecular weight excluding hydrogens is 402 g/mol. The van der Waals surface area contributed by atoms with Gasteiger partial charge < -0.3 is 31.6 Å². The smallest absolute Gasteiger partial charge is 0.274 e. The van der Waals surface area contributed by atoms with Crippen LogP contribution in [0.25, 0.3) is 0 Å². The fourth-order valence-electron chi connectivity index (χ4n) is 2.41. The lowest BCUT2D eigenvalue weighted by atomic mass is 10.1. The van der Waals surface area contributed by atoms with Gasteiger partial charge in [-0.3, -0.25) is 14.4 Å². The summed E-state index contributed by atoms with van der Waals surface area (Å²) in [5, 5.41) is 24.0.